The van der Waals surface area contributed by atoms with E-state index < -0.39 is 0 Å². The van der Waals surface area contributed by atoms with Crippen molar-refractivity contribution in [2.75, 3.05) is 6.61 Å². The van der Waals surface area contributed by atoms with Gasteiger partial charge < -0.3 is 4.74 Å². The summed E-state index contributed by atoms with van der Waals surface area (Å²) in [7, 11) is 0. The Morgan fingerprint density at radius 2 is 1.90 bits per heavy atom. The molecule has 0 spiro atoms. The quantitative estimate of drug-likeness (QED) is 0.781. The van der Waals surface area contributed by atoms with Gasteiger partial charge in [-0.3, -0.25) is 4.79 Å². The van der Waals surface area contributed by atoms with E-state index in [1.165, 1.54) is 0 Å². The van der Waals surface area contributed by atoms with E-state index in [1.807, 2.05) is 26.0 Å². The molecular formula is C17H14BrNO2. The highest BCUT2D eigenvalue weighted by molar-refractivity contribution is 9.10. The molecule has 0 aliphatic carbocycles. The minimum absolute atomic E-state index is 0.0238. The van der Waals surface area contributed by atoms with Crippen molar-refractivity contribution in [3.63, 3.8) is 0 Å². The first kappa shape index (κ1) is 15.3. The zero-order chi connectivity index (χ0) is 15.4. The number of ketones is 1. The van der Waals surface area contributed by atoms with Crippen molar-refractivity contribution >= 4 is 21.7 Å². The molecule has 0 saturated heterocycles. The van der Waals surface area contributed by atoms with Crippen LogP contribution in [-0.2, 0) is 0 Å². The fraction of sp³-hybridized carbons (Fsp3) is 0.176. The van der Waals surface area contributed by atoms with Crippen LogP contribution in [0.4, 0.5) is 0 Å². The minimum atomic E-state index is -0.0838. The Balaban J connectivity index is 2.14. The molecule has 2 aromatic carbocycles. The number of nitrogens with zero attached hydrogens (tertiary/aromatic N) is 1. The summed E-state index contributed by atoms with van der Waals surface area (Å²) >= 11 is 3.34. The number of Topliss-reactive ketones (excluding diaryl/α,β-unsaturated/α-hetero) is 1. The summed E-state index contributed by atoms with van der Waals surface area (Å²) in [4.78, 5) is 12.1. The molecule has 0 saturated carbocycles. The number of carbonyl (C=O) groups excluding carboxylic acids is 1. The van der Waals surface area contributed by atoms with Crippen LogP contribution in [0.1, 0.15) is 27.0 Å². The summed E-state index contributed by atoms with van der Waals surface area (Å²) in [5.41, 5.74) is 2.91. The van der Waals surface area contributed by atoms with E-state index in [2.05, 4.69) is 22.0 Å². The Hall–Kier alpha value is -2.12. The van der Waals surface area contributed by atoms with Gasteiger partial charge in [-0.15, -0.1) is 0 Å². The van der Waals surface area contributed by atoms with Crippen molar-refractivity contribution in [3.05, 3.63) is 63.1 Å². The van der Waals surface area contributed by atoms with Crippen molar-refractivity contribution in [1.82, 2.24) is 0 Å². The van der Waals surface area contributed by atoms with Crippen LogP contribution in [0.3, 0.4) is 0 Å². The second kappa shape index (κ2) is 6.55. The normalized spacial score (nSPS) is 10.0. The van der Waals surface area contributed by atoms with Gasteiger partial charge in [0.25, 0.3) is 0 Å². The Labute approximate surface area is 132 Å². The number of halogens is 1. The maximum Gasteiger partial charge on any atom is 0.200 e. The van der Waals surface area contributed by atoms with Crippen LogP contribution in [0.5, 0.6) is 5.75 Å². The molecule has 3 nitrogen and oxygen atoms in total. The summed E-state index contributed by atoms with van der Waals surface area (Å²) in [6.07, 6.45) is 0. The van der Waals surface area contributed by atoms with E-state index in [0.29, 0.717) is 16.9 Å². The molecule has 0 aliphatic heterocycles. The number of nitriles is 1. The fourth-order valence-electron chi connectivity index (χ4n) is 2.13. The summed E-state index contributed by atoms with van der Waals surface area (Å²) < 4.78 is 6.51. The molecule has 0 aliphatic rings. The topological polar surface area (TPSA) is 50.1 Å². The molecule has 0 atom stereocenters. The number of hydrogen-bond acceptors (Lipinski definition) is 3. The lowest BCUT2D eigenvalue weighted by Crippen LogP contribution is -2.12. The predicted molar refractivity (Wildman–Crippen MR) is 84.6 cm³/mol. The number of hydrogen-bond donors (Lipinski definition) is 0. The standard InChI is InChI=1S/C17H14BrNO2/c1-11-6-13(9-19)7-12(2)17(11)21-10-16(20)14-4-3-5-15(18)8-14/h3-8H,10H2,1-2H3. The van der Waals surface area contributed by atoms with Crippen LogP contribution < -0.4 is 4.74 Å². The van der Waals surface area contributed by atoms with Gasteiger partial charge in [-0.05, 0) is 49.2 Å². The lowest BCUT2D eigenvalue weighted by molar-refractivity contribution is 0.0920. The van der Waals surface area contributed by atoms with Crippen molar-refractivity contribution in [3.8, 4) is 11.8 Å². The molecule has 0 fully saturated rings. The van der Waals surface area contributed by atoms with Gasteiger partial charge in [-0.1, -0.05) is 28.1 Å². The molecular weight excluding hydrogens is 330 g/mol. The molecule has 0 amide bonds. The summed E-state index contributed by atoms with van der Waals surface area (Å²) in [6.45, 7) is 3.71. The highest BCUT2D eigenvalue weighted by Crippen LogP contribution is 2.25. The average Bonchev–Trinajstić information content (AvgIpc) is 2.45. The first-order valence-corrected chi connectivity index (χ1v) is 7.23. The van der Waals surface area contributed by atoms with E-state index in [4.69, 9.17) is 10.00 Å². The van der Waals surface area contributed by atoms with Gasteiger partial charge in [0.1, 0.15) is 5.75 Å². The van der Waals surface area contributed by atoms with Crippen molar-refractivity contribution in [2.24, 2.45) is 0 Å². The molecule has 2 rings (SSSR count). The van der Waals surface area contributed by atoms with E-state index in [-0.39, 0.29) is 12.4 Å². The highest BCUT2D eigenvalue weighted by atomic mass is 79.9. The molecule has 0 N–H and O–H groups in total. The van der Waals surface area contributed by atoms with Crippen LogP contribution in [0.2, 0.25) is 0 Å². The molecule has 0 radical (unpaired) electrons. The Kier molecular flexibility index (Phi) is 4.77. The number of aryl methyl sites for hydroxylation is 2. The summed E-state index contributed by atoms with van der Waals surface area (Å²) in [6, 6.07) is 12.8. The maximum atomic E-state index is 12.1. The van der Waals surface area contributed by atoms with E-state index in [9.17, 15) is 4.79 Å². The van der Waals surface area contributed by atoms with E-state index >= 15 is 0 Å². The smallest absolute Gasteiger partial charge is 0.200 e. The van der Waals surface area contributed by atoms with Gasteiger partial charge in [0.2, 0.25) is 0 Å². The molecule has 21 heavy (non-hydrogen) atoms. The molecule has 4 heteroatoms. The average molecular weight is 344 g/mol. The fourth-order valence-corrected chi connectivity index (χ4v) is 2.52. The van der Waals surface area contributed by atoms with E-state index in [1.54, 1.807) is 24.3 Å². The lowest BCUT2D eigenvalue weighted by Gasteiger charge is -2.12. The Morgan fingerprint density at radius 1 is 1.24 bits per heavy atom. The van der Waals surface area contributed by atoms with Crippen molar-refractivity contribution < 1.29 is 9.53 Å². The largest absolute Gasteiger partial charge is 0.485 e. The van der Waals surface area contributed by atoms with Crippen LogP contribution in [-0.4, -0.2) is 12.4 Å². The highest BCUT2D eigenvalue weighted by Gasteiger charge is 2.11. The number of ether oxygens (including phenoxy) is 1. The van der Waals surface area contributed by atoms with Gasteiger partial charge >= 0.3 is 0 Å². The van der Waals surface area contributed by atoms with Gasteiger partial charge in [-0.25, -0.2) is 0 Å². The number of benzene rings is 2. The number of rotatable bonds is 4. The van der Waals surface area contributed by atoms with Crippen LogP contribution >= 0.6 is 15.9 Å². The van der Waals surface area contributed by atoms with Gasteiger partial charge in [-0.2, -0.15) is 5.26 Å². The predicted octanol–water partition coefficient (Wildman–Crippen LogP) is 4.20. The maximum absolute atomic E-state index is 12.1. The van der Waals surface area contributed by atoms with Crippen LogP contribution in [0.25, 0.3) is 0 Å². The first-order chi connectivity index (χ1) is 10.0. The molecule has 0 heterocycles. The third kappa shape index (κ3) is 3.71. The Bertz CT molecular complexity index is 709. The Morgan fingerprint density at radius 3 is 2.48 bits per heavy atom. The molecule has 2 aromatic rings. The van der Waals surface area contributed by atoms with Gasteiger partial charge in [0.05, 0.1) is 11.6 Å². The first-order valence-electron chi connectivity index (χ1n) is 6.44. The zero-order valence-corrected chi connectivity index (χ0v) is 13.4. The second-order valence-corrected chi connectivity index (χ2v) is 5.69. The van der Waals surface area contributed by atoms with Gasteiger partial charge in [0.15, 0.2) is 12.4 Å². The summed E-state index contributed by atoms with van der Waals surface area (Å²) in [5.74, 6) is 0.580. The van der Waals surface area contributed by atoms with E-state index in [0.717, 1.165) is 15.6 Å². The molecule has 0 unspecified atom stereocenters. The van der Waals surface area contributed by atoms with Crippen LogP contribution in [0, 0.1) is 25.2 Å². The van der Waals surface area contributed by atoms with Gasteiger partial charge in [0, 0.05) is 10.0 Å². The lowest BCUT2D eigenvalue weighted by atomic mass is 10.1. The van der Waals surface area contributed by atoms with Crippen LogP contribution in [0.15, 0.2) is 40.9 Å². The third-order valence-corrected chi connectivity index (χ3v) is 3.58. The number of carbonyl (C=O) groups is 1. The second-order valence-electron chi connectivity index (χ2n) is 4.77. The summed E-state index contributed by atoms with van der Waals surface area (Å²) in [5, 5.41) is 8.92. The monoisotopic (exact) mass is 343 g/mol. The zero-order valence-electron chi connectivity index (χ0n) is 11.8. The van der Waals surface area contributed by atoms with Crippen molar-refractivity contribution in [1.29, 1.82) is 5.26 Å². The SMILES string of the molecule is Cc1cc(C#N)cc(C)c1OCC(=O)c1cccc(Br)c1. The minimum Gasteiger partial charge on any atom is -0.485 e. The molecule has 0 bridgehead atoms. The molecule has 106 valence electrons. The molecule has 0 aromatic heterocycles. The third-order valence-electron chi connectivity index (χ3n) is 3.08. The van der Waals surface area contributed by atoms with Crippen molar-refractivity contribution in [2.45, 2.75) is 13.8 Å².